The van der Waals surface area contributed by atoms with Crippen molar-refractivity contribution in [2.45, 2.75) is 44.1 Å². The van der Waals surface area contributed by atoms with Crippen LogP contribution < -0.4 is 0 Å². The summed E-state index contributed by atoms with van der Waals surface area (Å²) in [6.45, 7) is 7.32. The lowest BCUT2D eigenvalue weighted by Crippen LogP contribution is -1.99. The van der Waals surface area contributed by atoms with E-state index in [2.05, 4.69) is 47.0 Å². The van der Waals surface area contributed by atoms with E-state index in [-0.39, 0.29) is 5.82 Å². The first-order valence-corrected chi connectivity index (χ1v) is 9.84. The van der Waals surface area contributed by atoms with Gasteiger partial charge in [0.15, 0.2) is 11.0 Å². The quantitative estimate of drug-likeness (QED) is 0.537. The van der Waals surface area contributed by atoms with Crippen LogP contribution in [-0.4, -0.2) is 14.8 Å². The van der Waals surface area contributed by atoms with Crippen molar-refractivity contribution in [1.29, 1.82) is 0 Å². The summed E-state index contributed by atoms with van der Waals surface area (Å²) in [6, 6.07) is 8.81. The zero-order valence-corrected chi connectivity index (χ0v) is 15.6. The third kappa shape index (κ3) is 3.70. The second-order valence-electron chi connectivity index (χ2n) is 5.86. The summed E-state index contributed by atoms with van der Waals surface area (Å²) in [5.41, 5.74) is 2.21. The van der Waals surface area contributed by atoms with Gasteiger partial charge in [-0.2, -0.15) is 0 Å². The van der Waals surface area contributed by atoms with Gasteiger partial charge in [0, 0.05) is 28.1 Å². The number of aromatic nitrogens is 3. The molecule has 0 bridgehead atoms. The number of hydrogen-bond acceptors (Lipinski definition) is 4. The van der Waals surface area contributed by atoms with Crippen LogP contribution >= 0.6 is 23.1 Å². The number of hydrogen-bond donors (Lipinski definition) is 0. The van der Waals surface area contributed by atoms with Gasteiger partial charge in [0.2, 0.25) is 0 Å². The maximum Gasteiger partial charge on any atom is 0.191 e. The van der Waals surface area contributed by atoms with Crippen LogP contribution in [0.25, 0.3) is 11.4 Å². The highest BCUT2D eigenvalue weighted by Crippen LogP contribution is 2.31. The molecule has 0 amide bonds. The molecule has 24 heavy (non-hydrogen) atoms. The molecule has 0 saturated carbocycles. The molecular formula is C18H20FN3S2. The molecule has 0 spiro atoms. The van der Waals surface area contributed by atoms with Gasteiger partial charge in [0.05, 0.1) is 0 Å². The number of nitrogens with zero attached hydrogens (tertiary/aromatic N) is 3. The molecule has 0 aliphatic heterocycles. The Morgan fingerprint density at radius 1 is 1.21 bits per heavy atom. The first kappa shape index (κ1) is 17.2. The van der Waals surface area contributed by atoms with Crippen molar-refractivity contribution < 1.29 is 4.39 Å². The first-order chi connectivity index (χ1) is 11.6. The highest BCUT2D eigenvalue weighted by Gasteiger charge is 2.15. The zero-order valence-electron chi connectivity index (χ0n) is 14.0. The molecule has 0 fully saturated rings. The highest BCUT2D eigenvalue weighted by atomic mass is 32.2. The monoisotopic (exact) mass is 361 g/mol. The topological polar surface area (TPSA) is 30.7 Å². The molecule has 0 N–H and O–H groups in total. The summed E-state index contributed by atoms with van der Waals surface area (Å²) < 4.78 is 15.1. The number of halogens is 1. The lowest BCUT2D eigenvalue weighted by atomic mass is 10.1. The Bertz CT molecular complexity index is 806. The van der Waals surface area contributed by atoms with E-state index in [0.29, 0.717) is 5.92 Å². The lowest BCUT2D eigenvalue weighted by Gasteiger charge is -2.06. The molecular weight excluding hydrogens is 341 g/mol. The number of rotatable bonds is 6. The minimum atomic E-state index is -0.207. The Balaban J connectivity index is 1.79. The molecule has 0 unspecified atom stereocenters. The second kappa shape index (κ2) is 7.49. The van der Waals surface area contributed by atoms with Gasteiger partial charge in [0.1, 0.15) is 5.82 Å². The fourth-order valence-electron chi connectivity index (χ4n) is 2.40. The Morgan fingerprint density at radius 3 is 2.58 bits per heavy atom. The maximum absolute atomic E-state index is 13.0. The van der Waals surface area contributed by atoms with Crippen LogP contribution in [0.5, 0.6) is 0 Å². The summed E-state index contributed by atoms with van der Waals surface area (Å²) in [5, 5.41) is 11.8. The smallest absolute Gasteiger partial charge is 0.191 e. The number of benzene rings is 1. The van der Waals surface area contributed by atoms with Gasteiger partial charge >= 0.3 is 0 Å². The van der Waals surface area contributed by atoms with Crippen molar-refractivity contribution in [3.8, 4) is 11.4 Å². The van der Waals surface area contributed by atoms with E-state index in [4.69, 9.17) is 0 Å². The van der Waals surface area contributed by atoms with Gasteiger partial charge in [-0.15, -0.1) is 21.5 Å². The summed E-state index contributed by atoms with van der Waals surface area (Å²) in [5.74, 6) is 1.98. The molecule has 0 saturated heterocycles. The van der Waals surface area contributed by atoms with Crippen molar-refractivity contribution in [2.75, 3.05) is 0 Å². The predicted molar refractivity (Wildman–Crippen MR) is 99.1 cm³/mol. The summed E-state index contributed by atoms with van der Waals surface area (Å²) in [7, 11) is 0. The van der Waals surface area contributed by atoms with Crippen LogP contribution in [0.1, 0.15) is 37.1 Å². The van der Waals surface area contributed by atoms with E-state index >= 15 is 0 Å². The number of thioether (sulfide) groups is 1. The van der Waals surface area contributed by atoms with E-state index in [0.717, 1.165) is 34.4 Å². The molecule has 2 aromatic heterocycles. The Hall–Kier alpha value is -1.66. The van der Waals surface area contributed by atoms with Gasteiger partial charge < -0.3 is 4.57 Å². The molecule has 0 radical (unpaired) electrons. The molecule has 1 aromatic carbocycles. The van der Waals surface area contributed by atoms with E-state index in [9.17, 15) is 4.39 Å². The Kier molecular flexibility index (Phi) is 5.36. The van der Waals surface area contributed by atoms with E-state index < -0.39 is 0 Å². The van der Waals surface area contributed by atoms with Crippen LogP contribution in [0.3, 0.4) is 0 Å². The average Bonchev–Trinajstić information content (AvgIpc) is 3.20. The van der Waals surface area contributed by atoms with Crippen molar-refractivity contribution >= 4 is 23.1 Å². The minimum Gasteiger partial charge on any atom is -0.302 e. The molecule has 2 heterocycles. The van der Waals surface area contributed by atoms with Crippen molar-refractivity contribution in [2.24, 2.45) is 0 Å². The van der Waals surface area contributed by atoms with Gasteiger partial charge in [0.25, 0.3) is 0 Å². The predicted octanol–water partition coefficient (Wildman–Crippen LogP) is 5.58. The molecule has 3 aromatic rings. The molecule has 126 valence electrons. The van der Waals surface area contributed by atoms with E-state index in [1.165, 1.54) is 17.0 Å². The standard InChI is InChI=1S/C18H20FN3S2/c1-4-22-17(14-9-16(12(2)3)23-11-14)20-21-18(22)24-10-13-5-7-15(19)8-6-13/h5-9,11-12H,4,10H2,1-3H3. The van der Waals surface area contributed by atoms with Gasteiger partial charge in [-0.3, -0.25) is 0 Å². The molecule has 0 atom stereocenters. The Morgan fingerprint density at radius 2 is 1.96 bits per heavy atom. The Labute approximate surface area is 149 Å². The third-order valence-electron chi connectivity index (χ3n) is 3.76. The van der Waals surface area contributed by atoms with Crippen LogP contribution in [0.15, 0.2) is 40.9 Å². The van der Waals surface area contributed by atoms with E-state index in [1.807, 2.05) is 12.1 Å². The van der Waals surface area contributed by atoms with Crippen LogP contribution in [0, 0.1) is 5.82 Å². The van der Waals surface area contributed by atoms with Crippen LogP contribution in [0.2, 0.25) is 0 Å². The molecule has 0 aliphatic carbocycles. The lowest BCUT2D eigenvalue weighted by molar-refractivity contribution is 0.627. The number of thiophene rings is 1. The SMILES string of the molecule is CCn1c(SCc2ccc(F)cc2)nnc1-c1csc(C(C)C)c1. The van der Waals surface area contributed by atoms with Crippen LogP contribution in [0.4, 0.5) is 4.39 Å². The van der Waals surface area contributed by atoms with Gasteiger partial charge in [-0.1, -0.05) is 37.7 Å². The summed E-state index contributed by atoms with van der Waals surface area (Å²) >= 11 is 3.40. The third-order valence-corrected chi connectivity index (χ3v) is 6.03. The van der Waals surface area contributed by atoms with Crippen LogP contribution in [-0.2, 0) is 12.3 Å². The second-order valence-corrected chi connectivity index (χ2v) is 7.74. The zero-order chi connectivity index (χ0) is 17.1. The van der Waals surface area contributed by atoms with Gasteiger partial charge in [-0.25, -0.2) is 4.39 Å². The van der Waals surface area contributed by atoms with Gasteiger partial charge in [-0.05, 0) is 36.6 Å². The van der Waals surface area contributed by atoms with E-state index in [1.54, 1.807) is 23.1 Å². The fourth-order valence-corrected chi connectivity index (χ4v) is 4.26. The first-order valence-electron chi connectivity index (χ1n) is 7.97. The molecule has 0 aliphatic rings. The van der Waals surface area contributed by atoms with Crippen molar-refractivity contribution in [3.63, 3.8) is 0 Å². The maximum atomic E-state index is 13.0. The summed E-state index contributed by atoms with van der Waals surface area (Å²) in [6.07, 6.45) is 0. The average molecular weight is 362 g/mol. The fraction of sp³-hybridized carbons (Fsp3) is 0.333. The largest absolute Gasteiger partial charge is 0.302 e. The van der Waals surface area contributed by atoms with Crippen molar-refractivity contribution in [1.82, 2.24) is 14.8 Å². The minimum absolute atomic E-state index is 0.207. The van der Waals surface area contributed by atoms with Crippen molar-refractivity contribution in [3.05, 3.63) is 52.0 Å². The molecule has 6 heteroatoms. The normalized spacial score (nSPS) is 11.4. The molecule has 3 nitrogen and oxygen atoms in total. The molecule has 3 rings (SSSR count). The highest BCUT2D eigenvalue weighted by molar-refractivity contribution is 7.98. The summed E-state index contributed by atoms with van der Waals surface area (Å²) in [4.78, 5) is 1.36.